The SMILES string of the molecule is CC(C)N(CCC(=O)O)c1ccc([N+](=O)[O-])c(N)n1. The van der Waals surface area contributed by atoms with Crippen molar-refractivity contribution in [1.29, 1.82) is 0 Å². The Balaban J connectivity index is 3.00. The summed E-state index contributed by atoms with van der Waals surface area (Å²) in [5.74, 6) is -0.664. The second-order valence-corrected chi connectivity index (χ2v) is 4.26. The number of hydrogen-bond donors (Lipinski definition) is 2. The Morgan fingerprint density at radius 1 is 1.58 bits per heavy atom. The normalized spacial score (nSPS) is 10.5. The Hall–Kier alpha value is -2.38. The van der Waals surface area contributed by atoms with Crippen molar-refractivity contribution < 1.29 is 14.8 Å². The first-order valence-electron chi connectivity index (χ1n) is 5.72. The van der Waals surface area contributed by atoms with Crippen molar-refractivity contribution in [2.45, 2.75) is 26.3 Å². The molecule has 0 aliphatic rings. The van der Waals surface area contributed by atoms with E-state index >= 15 is 0 Å². The molecule has 0 spiro atoms. The van der Waals surface area contributed by atoms with Gasteiger partial charge in [-0.2, -0.15) is 0 Å². The monoisotopic (exact) mass is 268 g/mol. The fourth-order valence-electron chi connectivity index (χ4n) is 1.62. The van der Waals surface area contributed by atoms with Gasteiger partial charge in [0.25, 0.3) is 0 Å². The summed E-state index contributed by atoms with van der Waals surface area (Å²) in [5, 5.41) is 19.3. The number of nitrogen functional groups attached to an aromatic ring is 1. The van der Waals surface area contributed by atoms with Gasteiger partial charge in [0.05, 0.1) is 11.3 Å². The second-order valence-electron chi connectivity index (χ2n) is 4.26. The van der Waals surface area contributed by atoms with Crippen LogP contribution in [0.5, 0.6) is 0 Å². The molecule has 0 amide bonds. The van der Waals surface area contributed by atoms with E-state index in [0.717, 1.165) is 0 Å². The average Bonchev–Trinajstić information content (AvgIpc) is 2.27. The molecule has 19 heavy (non-hydrogen) atoms. The molecule has 0 bridgehead atoms. The van der Waals surface area contributed by atoms with Gasteiger partial charge in [-0.25, -0.2) is 4.98 Å². The lowest BCUT2D eigenvalue weighted by molar-refractivity contribution is -0.384. The molecule has 3 N–H and O–H groups in total. The Labute approximate surface area is 110 Å². The number of hydrogen-bond acceptors (Lipinski definition) is 6. The zero-order valence-electron chi connectivity index (χ0n) is 10.7. The number of nitro groups is 1. The highest BCUT2D eigenvalue weighted by Crippen LogP contribution is 2.24. The lowest BCUT2D eigenvalue weighted by Gasteiger charge is -2.27. The third-order valence-corrected chi connectivity index (χ3v) is 2.57. The summed E-state index contributed by atoms with van der Waals surface area (Å²) in [6, 6.07) is 2.75. The highest BCUT2D eigenvalue weighted by Gasteiger charge is 2.18. The highest BCUT2D eigenvalue weighted by molar-refractivity contribution is 5.67. The van der Waals surface area contributed by atoms with Crippen LogP contribution in [0.2, 0.25) is 0 Å². The molecule has 0 unspecified atom stereocenters. The predicted octanol–water partition coefficient (Wildman–Crippen LogP) is 1.26. The van der Waals surface area contributed by atoms with Crippen LogP contribution in [0, 0.1) is 10.1 Å². The molecule has 0 fully saturated rings. The minimum Gasteiger partial charge on any atom is -0.481 e. The van der Waals surface area contributed by atoms with E-state index in [-0.39, 0.29) is 30.5 Å². The van der Waals surface area contributed by atoms with E-state index in [2.05, 4.69) is 4.98 Å². The van der Waals surface area contributed by atoms with Gasteiger partial charge in [0.2, 0.25) is 5.82 Å². The summed E-state index contributed by atoms with van der Waals surface area (Å²) in [6.07, 6.45) is -0.0449. The fraction of sp³-hybridized carbons (Fsp3) is 0.455. The van der Waals surface area contributed by atoms with Crippen molar-refractivity contribution in [2.24, 2.45) is 0 Å². The quantitative estimate of drug-likeness (QED) is 0.588. The van der Waals surface area contributed by atoms with E-state index in [1.807, 2.05) is 13.8 Å². The molecular weight excluding hydrogens is 252 g/mol. The third-order valence-electron chi connectivity index (χ3n) is 2.57. The highest BCUT2D eigenvalue weighted by atomic mass is 16.6. The van der Waals surface area contributed by atoms with Crippen LogP contribution in [-0.4, -0.2) is 33.6 Å². The topological polar surface area (TPSA) is 123 Å². The van der Waals surface area contributed by atoms with Gasteiger partial charge in [0.1, 0.15) is 5.82 Å². The molecule has 0 saturated carbocycles. The van der Waals surface area contributed by atoms with Crippen LogP contribution >= 0.6 is 0 Å². The Bertz CT molecular complexity index is 490. The summed E-state index contributed by atoms with van der Waals surface area (Å²) in [5.41, 5.74) is 5.26. The number of carboxylic acid groups (broad SMARTS) is 1. The summed E-state index contributed by atoms with van der Waals surface area (Å²) >= 11 is 0. The van der Waals surface area contributed by atoms with E-state index in [9.17, 15) is 14.9 Å². The van der Waals surface area contributed by atoms with E-state index in [1.165, 1.54) is 12.1 Å². The van der Waals surface area contributed by atoms with Gasteiger partial charge >= 0.3 is 11.7 Å². The zero-order valence-corrected chi connectivity index (χ0v) is 10.7. The average molecular weight is 268 g/mol. The first-order chi connectivity index (χ1) is 8.82. The van der Waals surface area contributed by atoms with Crippen molar-refractivity contribution in [3.8, 4) is 0 Å². The van der Waals surface area contributed by atoms with Gasteiger partial charge in [0.15, 0.2) is 0 Å². The minimum absolute atomic E-state index is 0.00714. The third kappa shape index (κ3) is 3.80. The van der Waals surface area contributed by atoms with Crippen molar-refractivity contribution >= 4 is 23.3 Å². The van der Waals surface area contributed by atoms with E-state index in [1.54, 1.807) is 4.90 Å². The van der Waals surface area contributed by atoms with Gasteiger partial charge in [-0.15, -0.1) is 0 Å². The van der Waals surface area contributed by atoms with Gasteiger partial charge < -0.3 is 15.7 Å². The molecule has 0 saturated heterocycles. The maximum atomic E-state index is 10.6. The van der Waals surface area contributed by atoms with Crippen LogP contribution < -0.4 is 10.6 Å². The Kier molecular flexibility index (Phi) is 4.62. The second kappa shape index (κ2) is 5.98. The maximum absolute atomic E-state index is 10.6. The number of pyridine rings is 1. The van der Waals surface area contributed by atoms with Crippen molar-refractivity contribution in [3.05, 3.63) is 22.2 Å². The lowest BCUT2D eigenvalue weighted by Crippen LogP contribution is -2.33. The lowest BCUT2D eigenvalue weighted by atomic mass is 10.2. The van der Waals surface area contributed by atoms with Crippen LogP contribution in [0.3, 0.4) is 0 Å². The minimum atomic E-state index is -0.916. The van der Waals surface area contributed by atoms with E-state index < -0.39 is 10.9 Å². The van der Waals surface area contributed by atoms with E-state index in [0.29, 0.717) is 5.82 Å². The molecule has 0 aliphatic carbocycles. The molecule has 1 aromatic heterocycles. The summed E-state index contributed by atoms with van der Waals surface area (Å²) in [4.78, 5) is 26.3. The molecule has 8 nitrogen and oxygen atoms in total. The molecule has 8 heteroatoms. The van der Waals surface area contributed by atoms with Gasteiger partial charge in [-0.05, 0) is 19.9 Å². The van der Waals surface area contributed by atoms with Crippen LogP contribution in [0.25, 0.3) is 0 Å². The fourth-order valence-corrected chi connectivity index (χ4v) is 1.62. The summed E-state index contributed by atoms with van der Waals surface area (Å²) in [6.45, 7) is 4.01. The Morgan fingerprint density at radius 3 is 2.63 bits per heavy atom. The van der Waals surface area contributed by atoms with Crippen LogP contribution in [-0.2, 0) is 4.79 Å². The summed E-state index contributed by atoms with van der Waals surface area (Å²) < 4.78 is 0. The molecular formula is C11H16N4O4. The number of nitrogens with zero attached hydrogens (tertiary/aromatic N) is 3. The standard InChI is InChI=1S/C11H16N4O4/c1-7(2)14(6-5-10(16)17)9-4-3-8(15(18)19)11(12)13-9/h3-4,7H,5-6H2,1-2H3,(H2,12,13)(H,16,17). The number of carbonyl (C=O) groups is 1. The van der Waals surface area contributed by atoms with Gasteiger partial charge in [0, 0.05) is 18.7 Å². The van der Waals surface area contributed by atoms with Crippen molar-refractivity contribution in [1.82, 2.24) is 4.98 Å². The number of aromatic nitrogens is 1. The van der Waals surface area contributed by atoms with E-state index in [4.69, 9.17) is 10.8 Å². The first kappa shape index (κ1) is 14.7. The van der Waals surface area contributed by atoms with Gasteiger partial charge in [-0.1, -0.05) is 0 Å². The van der Waals surface area contributed by atoms with Gasteiger partial charge in [-0.3, -0.25) is 14.9 Å². The van der Waals surface area contributed by atoms with Crippen molar-refractivity contribution in [3.63, 3.8) is 0 Å². The smallest absolute Gasteiger partial charge is 0.311 e. The molecule has 0 radical (unpaired) electrons. The molecule has 104 valence electrons. The molecule has 0 aliphatic heterocycles. The molecule has 1 heterocycles. The van der Waals surface area contributed by atoms with Crippen LogP contribution in [0.4, 0.5) is 17.3 Å². The number of aliphatic carboxylic acids is 1. The number of anilines is 2. The zero-order chi connectivity index (χ0) is 14.6. The first-order valence-corrected chi connectivity index (χ1v) is 5.72. The molecule has 1 rings (SSSR count). The number of rotatable bonds is 6. The summed E-state index contributed by atoms with van der Waals surface area (Å²) in [7, 11) is 0. The van der Waals surface area contributed by atoms with Crippen molar-refractivity contribution in [2.75, 3.05) is 17.2 Å². The Morgan fingerprint density at radius 2 is 2.21 bits per heavy atom. The number of nitrogens with two attached hydrogens (primary N) is 1. The largest absolute Gasteiger partial charge is 0.481 e. The molecule has 0 aromatic carbocycles. The van der Waals surface area contributed by atoms with Crippen LogP contribution in [0.1, 0.15) is 20.3 Å². The predicted molar refractivity (Wildman–Crippen MR) is 70.0 cm³/mol. The maximum Gasteiger partial charge on any atom is 0.311 e. The molecule has 0 atom stereocenters. The number of carboxylic acids is 1. The van der Waals surface area contributed by atoms with Crippen LogP contribution in [0.15, 0.2) is 12.1 Å². The molecule has 1 aromatic rings.